The zero-order chi connectivity index (χ0) is 21.1. The highest BCUT2D eigenvalue weighted by Crippen LogP contribution is 2.16. The Hall–Kier alpha value is -3.14. The normalized spacial score (nSPS) is 17.3. The number of amides is 1. The molecule has 0 bridgehead atoms. The van der Waals surface area contributed by atoms with Gasteiger partial charge >= 0.3 is 0 Å². The predicted molar refractivity (Wildman–Crippen MR) is 110 cm³/mol. The molecule has 1 fully saturated rings. The van der Waals surface area contributed by atoms with Crippen LogP contribution >= 0.6 is 0 Å². The van der Waals surface area contributed by atoms with Crippen molar-refractivity contribution in [3.8, 4) is 0 Å². The molecule has 0 spiro atoms. The Labute approximate surface area is 173 Å². The Morgan fingerprint density at radius 3 is 2.93 bits per heavy atom. The fraction of sp³-hybridized carbons (Fsp3) is 0.500. The van der Waals surface area contributed by atoms with E-state index in [1.807, 2.05) is 19.9 Å². The second kappa shape index (κ2) is 8.70. The van der Waals surface area contributed by atoms with Gasteiger partial charge in [-0.3, -0.25) is 14.5 Å². The van der Waals surface area contributed by atoms with Crippen LogP contribution in [0.4, 0.5) is 0 Å². The van der Waals surface area contributed by atoms with Crippen LogP contribution < -0.4 is 10.9 Å². The van der Waals surface area contributed by atoms with Crippen LogP contribution in [-0.2, 0) is 6.54 Å². The molecular weight excluding hydrogens is 384 g/mol. The molecule has 3 aromatic rings. The van der Waals surface area contributed by atoms with Gasteiger partial charge in [-0.1, -0.05) is 6.42 Å². The molecule has 0 saturated carbocycles. The number of piperidine rings is 1. The van der Waals surface area contributed by atoms with Crippen LogP contribution in [0.5, 0.6) is 0 Å². The number of rotatable bonds is 6. The maximum absolute atomic E-state index is 12.6. The second-order valence-corrected chi connectivity index (χ2v) is 7.67. The maximum atomic E-state index is 12.6. The van der Waals surface area contributed by atoms with E-state index in [1.165, 1.54) is 10.7 Å². The minimum atomic E-state index is -0.302. The number of aryl methyl sites for hydroxylation is 2. The highest BCUT2D eigenvalue weighted by Gasteiger charge is 2.24. The topological polar surface area (TPSA) is 110 Å². The summed E-state index contributed by atoms with van der Waals surface area (Å²) in [6.07, 6.45) is 4.85. The van der Waals surface area contributed by atoms with E-state index in [0.717, 1.165) is 37.2 Å². The standard InChI is InChI=1S/C20H26N8O2/c1-14-12-15(2)28-20(23-14)24-18(25-28)19(30)21-13-16-6-3-4-9-26(16)10-11-27-17(29)7-5-8-22-27/h5,7-8,12,16H,3-4,6,9-11,13H2,1-2H3,(H,21,30). The molecule has 0 aromatic carbocycles. The van der Waals surface area contributed by atoms with Gasteiger partial charge in [-0.2, -0.15) is 10.1 Å². The van der Waals surface area contributed by atoms with Gasteiger partial charge in [0.25, 0.3) is 17.2 Å². The van der Waals surface area contributed by atoms with Gasteiger partial charge in [-0.25, -0.2) is 14.2 Å². The molecule has 1 amide bonds. The number of nitrogens with one attached hydrogen (secondary N) is 1. The number of hydrogen-bond acceptors (Lipinski definition) is 7. The van der Waals surface area contributed by atoms with Crippen LogP contribution in [0.1, 0.15) is 41.3 Å². The van der Waals surface area contributed by atoms with Crippen LogP contribution in [0.3, 0.4) is 0 Å². The van der Waals surface area contributed by atoms with Crippen LogP contribution in [-0.4, -0.2) is 65.8 Å². The van der Waals surface area contributed by atoms with Crippen molar-refractivity contribution in [2.75, 3.05) is 19.6 Å². The minimum absolute atomic E-state index is 0.101. The van der Waals surface area contributed by atoms with Crippen molar-refractivity contribution in [2.45, 2.75) is 45.7 Å². The Kier molecular flexibility index (Phi) is 5.84. The average Bonchev–Trinajstić information content (AvgIpc) is 3.16. The molecule has 30 heavy (non-hydrogen) atoms. The van der Waals surface area contributed by atoms with Crippen LogP contribution in [0.25, 0.3) is 5.78 Å². The van der Waals surface area contributed by atoms with Gasteiger partial charge in [0.05, 0.1) is 6.54 Å². The molecule has 1 aliphatic heterocycles. The van der Waals surface area contributed by atoms with E-state index in [-0.39, 0.29) is 23.3 Å². The van der Waals surface area contributed by atoms with Gasteiger partial charge < -0.3 is 5.32 Å². The molecule has 3 aromatic heterocycles. The summed E-state index contributed by atoms with van der Waals surface area (Å²) in [6, 6.07) is 5.27. The van der Waals surface area contributed by atoms with E-state index in [1.54, 1.807) is 16.8 Å². The van der Waals surface area contributed by atoms with Crippen LogP contribution in [0.2, 0.25) is 0 Å². The lowest BCUT2D eigenvalue weighted by Crippen LogP contribution is -2.48. The number of hydrogen-bond donors (Lipinski definition) is 1. The molecular formula is C20H26N8O2. The number of likely N-dealkylation sites (tertiary alicyclic amines) is 1. The lowest BCUT2D eigenvalue weighted by molar-refractivity contribution is 0.0899. The second-order valence-electron chi connectivity index (χ2n) is 7.67. The van der Waals surface area contributed by atoms with Crippen molar-refractivity contribution in [2.24, 2.45) is 0 Å². The van der Waals surface area contributed by atoms with Crippen molar-refractivity contribution in [3.63, 3.8) is 0 Å². The third-order valence-electron chi connectivity index (χ3n) is 5.45. The summed E-state index contributed by atoms with van der Waals surface area (Å²) in [7, 11) is 0. The van der Waals surface area contributed by atoms with Gasteiger partial charge in [0, 0.05) is 42.8 Å². The predicted octanol–water partition coefficient (Wildman–Crippen LogP) is 0.582. The SMILES string of the molecule is Cc1cc(C)n2nc(C(=O)NCC3CCCCN3CCn3ncccc3=O)nc2n1. The van der Waals surface area contributed by atoms with Gasteiger partial charge in [-0.05, 0) is 45.4 Å². The Morgan fingerprint density at radius 2 is 2.10 bits per heavy atom. The molecule has 1 unspecified atom stereocenters. The van der Waals surface area contributed by atoms with Crippen molar-refractivity contribution in [3.05, 3.63) is 52.0 Å². The smallest absolute Gasteiger partial charge is 0.291 e. The van der Waals surface area contributed by atoms with Gasteiger partial charge in [0.15, 0.2) is 0 Å². The van der Waals surface area contributed by atoms with Crippen molar-refractivity contribution >= 4 is 11.7 Å². The van der Waals surface area contributed by atoms with E-state index in [9.17, 15) is 9.59 Å². The lowest BCUT2D eigenvalue weighted by Gasteiger charge is -2.35. The van der Waals surface area contributed by atoms with Gasteiger partial charge in [-0.15, -0.1) is 5.10 Å². The average molecular weight is 410 g/mol. The first kappa shape index (κ1) is 20.1. The summed E-state index contributed by atoms with van der Waals surface area (Å²) in [6.45, 7) is 6.49. The summed E-state index contributed by atoms with van der Waals surface area (Å²) in [5, 5.41) is 11.4. The minimum Gasteiger partial charge on any atom is -0.348 e. The third-order valence-corrected chi connectivity index (χ3v) is 5.45. The van der Waals surface area contributed by atoms with Crippen molar-refractivity contribution < 1.29 is 4.79 Å². The fourth-order valence-corrected chi connectivity index (χ4v) is 3.92. The van der Waals surface area contributed by atoms with E-state index in [0.29, 0.717) is 25.4 Å². The zero-order valence-electron chi connectivity index (χ0n) is 17.3. The molecule has 4 rings (SSSR count). The van der Waals surface area contributed by atoms with Gasteiger partial charge in [0.2, 0.25) is 5.82 Å². The monoisotopic (exact) mass is 410 g/mol. The Morgan fingerprint density at radius 1 is 1.23 bits per heavy atom. The maximum Gasteiger partial charge on any atom is 0.291 e. The number of carbonyl (C=O) groups is 1. The van der Waals surface area contributed by atoms with Crippen LogP contribution in [0.15, 0.2) is 29.2 Å². The summed E-state index contributed by atoms with van der Waals surface area (Å²) >= 11 is 0. The molecule has 1 atom stereocenters. The first-order chi connectivity index (χ1) is 14.5. The summed E-state index contributed by atoms with van der Waals surface area (Å²) < 4.78 is 3.06. The molecule has 1 aliphatic rings. The largest absolute Gasteiger partial charge is 0.348 e. The number of nitrogens with zero attached hydrogens (tertiary/aromatic N) is 7. The zero-order valence-corrected chi connectivity index (χ0v) is 17.3. The first-order valence-electron chi connectivity index (χ1n) is 10.3. The Bertz CT molecular complexity index is 1110. The number of carbonyl (C=O) groups excluding carboxylic acids is 1. The fourth-order valence-electron chi connectivity index (χ4n) is 3.92. The molecule has 10 nitrogen and oxygen atoms in total. The number of aromatic nitrogens is 6. The molecule has 1 N–H and O–H groups in total. The molecule has 10 heteroatoms. The molecule has 0 aliphatic carbocycles. The molecule has 158 valence electrons. The van der Waals surface area contributed by atoms with Crippen LogP contribution in [0, 0.1) is 13.8 Å². The molecule has 0 radical (unpaired) electrons. The van der Waals surface area contributed by atoms with Gasteiger partial charge in [0.1, 0.15) is 0 Å². The quantitative estimate of drug-likeness (QED) is 0.633. The van der Waals surface area contributed by atoms with Crippen molar-refractivity contribution in [1.82, 2.24) is 39.6 Å². The van der Waals surface area contributed by atoms with E-state index < -0.39 is 0 Å². The summed E-state index contributed by atoms with van der Waals surface area (Å²) in [4.78, 5) is 35.4. The van der Waals surface area contributed by atoms with E-state index in [2.05, 4.69) is 30.4 Å². The highest BCUT2D eigenvalue weighted by atomic mass is 16.2. The Balaban J connectivity index is 1.38. The summed E-state index contributed by atoms with van der Waals surface area (Å²) in [5.74, 6) is 0.250. The lowest BCUT2D eigenvalue weighted by atomic mass is 10.0. The van der Waals surface area contributed by atoms with Crippen molar-refractivity contribution in [1.29, 1.82) is 0 Å². The molecule has 4 heterocycles. The first-order valence-corrected chi connectivity index (χ1v) is 10.3. The number of fused-ring (bicyclic) bond motifs is 1. The van der Waals surface area contributed by atoms with E-state index in [4.69, 9.17) is 0 Å². The van der Waals surface area contributed by atoms with E-state index >= 15 is 0 Å². The highest BCUT2D eigenvalue weighted by molar-refractivity contribution is 5.90. The third kappa shape index (κ3) is 4.38. The molecule has 1 saturated heterocycles. The summed E-state index contributed by atoms with van der Waals surface area (Å²) in [5.41, 5.74) is 1.62.